The number of carbonyl (C=O) groups excluding carboxylic acids is 3. The zero-order valence-corrected chi connectivity index (χ0v) is 19.6. The monoisotopic (exact) mass is 477 g/mol. The second kappa shape index (κ2) is 9.84. The molecular formula is C24H23N5O4S. The van der Waals surface area contributed by atoms with Gasteiger partial charge < -0.3 is 14.7 Å². The van der Waals surface area contributed by atoms with E-state index in [1.54, 1.807) is 37.7 Å². The van der Waals surface area contributed by atoms with E-state index in [9.17, 15) is 14.4 Å². The number of aromatic nitrogens is 3. The lowest BCUT2D eigenvalue weighted by Gasteiger charge is -2.08. The normalized spacial score (nSPS) is 10.8. The molecule has 34 heavy (non-hydrogen) atoms. The summed E-state index contributed by atoms with van der Waals surface area (Å²) in [6.07, 6.45) is 0. The molecule has 0 fully saturated rings. The number of imidazole rings is 1. The third-order valence-corrected chi connectivity index (χ3v) is 6.25. The molecule has 0 saturated carbocycles. The van der Waals surface area contributed by atoms with Gasteiger partial charge in [-0.05, 0) is 49.2 Å². The van der Waals surface area contributed by atoms with E-state index in [2.05, 4.69) is 25.8 Å². The molecule has 0 spiro atoms. The summed E-state index contributed by atoms with van der Waals surface area (Å²) in [6.45, 7) is 3.30. The molecule has 2 heterocycles. The molecule has 4 aromatic rings. The first kappa shape index (κ1) is 23.1. The molecule has 2 amide bonds. The molecule has 174 valence electrons. The van der Waals surface area contributed by atoms with Gasteiger partial charge in [0, 0.05) is 17.0 Å². The smallest absolute Gasteiger partial charge is 0.339 e. The maximum absolute atomic E-state index is 12.5. The van der Waals surface area contributed by atoms with Crippen LogP contribution >= 0.6 is 11.8 Å². The lowest BCUT2D eigenvalue weighted by molar-refractivity contribution is 0.0599. The number of methoxy groups -OCH3 is 1. The number of H-pyrrole nitrogens is 2. The second-order valence-corrected chi connectivity index (χ2v) is 8.53. The summed E-state index contributed by atoms with van der Waals surface area (Å²) in [5, 5.41) is 0.830. The predicted molar refractivity (Wildman–Crippen MR) is 129 cm³/mol. The number of nitrogens with one attached hydrogen (secondary N) is 4. The maximum Gasteiger partial charge on any atom is 0.339 e. The Morgan fingerprint density at radius 1 is 0.971 bits per heavy atom. The topological polar surface area (TPSA) is 129 Å². The van der Waals surface area contributed by atoms with Gasteiger partial charge in [-0.2, -0.15) is 0 Å². The van der Waals surface area contributed by atoms with E-state index in [0.29, 0.717) is 28.1 Å². The van der Waals surface area contributed by atoms with Crippen LogP contribution in [0.5, 0.6) is 0 Å². The number of esters is 1. The van der Waals surface area contributed by atoms with E-state index in [-0.39, 0.29) is 5.69 Å². The van der Waals surface area contributed by atoms with Crippen molar-refractivity contribution in [1.29, 1.82) is 0 Å². The van der Waals surface area contributed by atoms with E-state index >= 15 is 0 Å². The van der Waals surface area contributed by atoms with Crippen molar-refractivity contribution < 1.29 is 19.1 Å². The van der Waals surface area contributed by atoms with Crippen LogP contribution in [0.4, 0.5) is 0 Å². The molecule has 0 unspecified atom stereocenters. The number of hydrogen-bond acceptors (Lipinski definition) is 6. The summed E-state index contributed by atoms with van der Waals surface area (Å²) in [6, 6.07) is 14.9. The van der Waals surface area contributed by atoms with E-state index in [0.717, 1.165) is 21.8 Å². The van der Waals surface area contributed by atoms with E-state index in [4.69, 9.17) is 4.74 Å². The molecule has 0 atom stereocenters. The van der Waals surface area contributed by atoms with Crippen molar-refractivity contribution in [3.8, 4) is 0 Å². The Hall–Kier alpha value is -4.05. The van der Waals surface area contributed by atoms with Crippen molar-refractivity contribution in [2.45, 2.75) is 24.8 Å². The lowest BCUT2D eigenvalue weighted by Crippen LogP contribution is -2.42. The van der Waals surface area contributed by atoms with Crippen LogP contribution in [0.3, 0.4) is 0 Å². The number of carbonyl (C=O) groups is 3. The molecular weight excluding hydrogens is 454 g/mol. The molecule has 0 saturated heterocycles. The van der Waals surface area contributed by atoms with Crippen molar-refractivity contribution >= 4 is 40.6 Å². The van der Waals surface area contributed by atoms with Gasteiger partial charge in [0.05, 0.1) is 23.7 Å². The number of rotatable bonds is 6. The molecule has 2 aromatic heterocycles. The van der Waals surface area contributed by atoms with E-state index < -0.39 is 17.8 Å². The highest BCUT2D eigenvalue weighted by Crippen LogP contribution is 2.23. The number of thioether (sulfide) groups is 1. The van der Waals surface area contributed by atoms with Crippen molar-refractivity contribution in [3.63, 3.8) is 0 Å². The van der Waals surface area contributed by atoms with Gasteiger partial charge in [-0.25, -0.2) is 9.78 Å². The van der Waals surface area contributed by atoms with E-state index in [1.807, 2.05) is 36.4 Å². The molecule has 0 aliphatic carbocycles. The average Bonchev–Trinajstić information content (AvgIpc) is 3.40. The molecule has 4 N–H and O–H groups in total. The van der Waals surface area contributed by atoms with Gasteiger partial charge in [-0.1, -0.05) is 36.0 Å². The van der Waals surface area contributed by atoms with Crippen LogP contribution in [0.25, 0.3) is 11.0 Å². The number of para-hydroxylation sites is 2. The summed E-state index contributed by atoms with van der Waals surface area (Å²) in [5.74, 6) is -0.873. The standard InChI is InChI=1S/C24H23N5O4S/c1-13-19(23(32)33-3)14(2)25-20(13)22(31)29-28-21(30)16-10-8-15(9-11-16)12-34-24-26-17-6-4-5-7-18(17)27-24/h4-11,25H,12H2,1-3H3,(H,26,27)(H,28,30)(H,29,31). The van der Waals surface area contributed by atoms with Gasteiger partial charge in [-0.15, -0.1) is 0 Å². The number of aryl methyl sites for hydroxylation is 1. The lowest BCUT2D eigenvalue weighted by atomic mass is 10.1. The first-order valence-electron chi connectivity index (χ1n) is 10.4. The molecule has 0 bridgehead atoms. The summed E-state index contributed by atoms with van der Waals surface area (Å²) >= 11 is 1.57. The Morgan fingerprint density at radius 2 is 1.68 bits per heavy atom. The van der Waals surface area contributed by atoms with Crippen LogP contribution < -0.4 is 10.9 Å². The first-order valence-corrected chi connectivity index (χ1v) is 11.4. The van der Waals surface area contributed by atoms with Crippen molar-refractivity contribution in [1.82, 2.24) is 25.8 Å². The fraction of sp³-hybridized carbons (Fsp3) is 0.167. The Kier molecular flexibility index (Phi) is 6.69. The summed E-state index contributed by atoms with van der Waals surface area (Å²) in [7, 11) is 1.27. The van der Waals surface area contributed by atoms with Crippen LogP contribution in [0.15, 0.2) is 53.7 Å². The zero-order chi connectivity index (χ0) is 24.2. The predicted octanol–water partition coefficient (Wildman–Crippen LogP) is 3.66. The molecule has 2 aromatic carbocycles. The Labute approximate surface area is 199 Å². The maximum atomic E-state index is 12.5. The third kappa shape index (κ3) is 4.81. The number of fused-ring (bicyclic) bond motifs is 1. The van der Waals surface area contributed by atoms with Gasteiger partial charge in [-0.3, -0.25) is 20.4 Å². The van der Waals surface area contributed by atoms with E-state index in [1.165, 1.54) is 7.11 Å². The number of benzene rings is 2. The van der Waals surface area contributed by atoms with Gasteiger partial charge in [0.2, 0.25) is 0 Å². The minimum Gasteiger partial charge on any atom is -0.465 e. The highest BCUT2D eigenvalue weighted by molar-refractivity contribution is 7.98. The largest absolute Gasteiger partial charge is 0.465 e. The quantitative estimate of drug-likeness (QED) is 0.191. The Morgan fingerprint density at radius 3 is 2.38 bits per heavy atom. The number of hydrazine groups is 1. The third-order valence-electron chi connectivity index (χ3n) is 5.30. The highest BCUT2D eigenvalue weighted by atomic mass is 32.2. The van der Waals surface area contributed by atoms with Crippen molar-refractivity contribution in [2.24, 2.45) is 0 Å². The van der Waals surface area contributed by atoms with Crippen molar-refractivity contribution in [2.75, 3.05) is 7.11 Å². The second-order valence-electron chi connectivity index (χ2n) is 7.57. The van der Waals surface area contributed by atoms with Crippen LogP contribution in [-0.4, -0.2) is 39.8 Å². The van der Waals surface area contributed by atoms with Crippen LogP contribution in [0.2, 0.25) is 0 Å². The van der Waals surface area contributed by atoms with Crippen LogP contribution in [0.1, 0.15) is 48.0 Å². The molecule has 0 aliphatic heterocycles. The fourth-order valence-electron chi connectivity index (χ4n) is 3.54. The van der Waals surface area contributed by atoms with Gasteiger partial charge >= 0.3 is 5.97 Å². The highest BCUT2D eigenvalue weighted by Gasteiger charge is 2.22. The summed E-state index contributed by atoms with van der Waals surface area (Å²) in [5.41, 5.74) is 9.54. The Balaban J connectivity index is 1.33. The Bertz CT molecular complexity index is 1340. The number of hydrogen-bond donors (Lipinski definition) is 4. The minimum atomic E-state index is -0.567. The van der Waals surface area contributed by atoms with Gasteiger partial charge in [0.25, 0.3) is 11.8 Å². The van der Waals surface area contributed by atoms with Crippen molar-refractivity contribution in [3.05, 3.63) is 82.2 Å². The molecule has 9 nitrogen and oxygen atoms in total. The number of nitrogens with zero attached hydrogens (tertiary/aromatic N) is 1. The number of aromatic amines is 2. The van der Waals surface area contributed by atoms with Crippen LogP contribution in [0, 0.1) is 13.8 Å². The summed E-state index contributed by atoms with van der Waals surface area (Å²) in [4.78, 5) is 47.5. The number of ether oxygens (including phenoxy) is 1. The molecule has 0 radical (unpaired) electrons. The average molecular weight is 478 g/mol. The molecule has 10 heteroatoms. The first-order chi connectivity index (χ1) is 16.4. The van der Waals surface area contributed by atoms with Gasteiger partial charge in [0.15, 0.2) is 5.16 Å². The fourth-order valence-corrected chi connectivity index (χ4v) is 4.38. The molecule has 4 rings (SSSR count). The number of amides is 2. The molecule has 0 aliphatic rings. The van der Waals surface area contributed by atoms with Crippen LogP contribution in [-0.2, 0) is 10.5 Å². The summed E-state index contributed by atoms with van der Waals surface area (Å²) < 4.78 is 4.75. The zero-order valence-electron chi connectivity index (χ0n) is 18.8. The van der Waals surface area contributed by atoms with Gasteiger partial charge in [0.1, 0.15) is 5.69 Å². The SMILES string of the molecule is COC(=O)c1c(C)[nH]c(C(=O)NNC(=O)c2ccc(CSc3nc4ccccc4[nH]3)cc2)c1C. The minimum absolute atomic E-state index is 0.177.